The van der Waals surface area contributed by atoms with Crippen LogP contribution in [0.25, 0.3) is 10.9 Å². The molecule has 3 N–H and O–H groups in total. The third kappa shape index (κ3) is 5.38. The molecule has 27 heavy (non-hydrogen) atoms. The second kappa shape index (κ2) is 10.2. The SMILES string of the molecule is CN=C(NCCc1c(C)[nH]c2ccccc12)NCc1cccc(OC)c1.I. The number of para-hydroxylation sites is 1. The number of aromatic nitrogens is 1. The standard InChI is InChI=1S/C21H26N4O.HI/c1-15-18(19-9-4-5-10-20(19)25-15)11-12-23-21(22-2)24-14-16-7-6-8-17(13-16)26-3;/h4-10,13,25H,11-12,14H2,1-3H3,(H2,22,23,24);1H. The molecule has 0 spiro atoms. The van der Waals surface area contributed by atoms with Gasteiger partial charge in [0.15, 0.2) is 5.96 Å². The van der Waals surface area contributed by atoms with E-state index in [1.807, 2.05) is 18.2 Å². The summed E-state index contributed by atoms with van der Waals surface area (Å²) in [7, 11) is 3.47. The van der Waals surface area contributed by atoms with Gasteiger partial charge in [-0.05, 0) is 42.7 Å². The molecular weight excluding hydrogens is 451 g/mol. The molecule has 0 fully saturated rings. The largest absolute Gasteiger partial charge is 0.497 e. The van der Waals surface area contributed by atoms with Gasteiger partial charge in [-0.2, -0.15) is 0 Å². The first-order chi connectivity index (χ1) is 12.7. The number of methoxy groups -OCH3 is 1. The Morgan fingerprint density at radius 1 is 1.11 bits per heavy atom. The number of hydrogen-bond acceptors (Lipinski definition) is 2. The zero-order chi connectivity index (χ0) is 18.4. The number of hydrogen-bond donors (Lipinski definition) is 3. The van der Waals surface area contributed by atoms with Crippen molar-refractivity contribution in [2.24, 2.45) is 4.99 Å². The van der Waals surface area contributed by atoms with Crippen LogP contribution in [-0.4, -0.2) is 31.6 Å². The molecule has 2 aromatic carbocycles. The Labute approximate surface area is 177 Å². The molecule has 0 atom stereocenters. The normalized spacial score (nSPS) is 11.1. The van der Waals surface area contributed by atoms with Gasteiger partial charge < -0.3 is 20.4 Å². The molecule has 144 valence electrons. The van der Waals surface area contributed by atoms with Crippen molar-refractivity contribution in [3.8, 4) is 5.75 Å². The lowest BCUT2D eigenvalue weighted by Gasteiger charge is -2.12. The highest BCUT2D eigenvalue weighted by molar-refractivity contribution is 14.0. The first kappa shape index (κ1) is 21.1. The van der Waals surface area contributed by atoms with Crippen LogP contribution in [0.1, 0.15) is 16.8 Å². The lowest BCUT2D eigenvalue weighted by Crippen LogP contribution is -2.37. The Hall–Kier alpha value is -2.22. The quantitative estimate of drug-likeness (QED) is 0.285. The number of halogens is 1. The number of H-pyrrole nitrogens is 1. The summed E-state index contributed by atoms with van der Waals surface area (Å²) in [6.07, 6.45) is 0.940. The van der Waals surface area contributed by atoms with Crippen LogP contribution in [0.5, 0.6) is 5.75 Å². The molecule has 0 aliphatic carbocycles. The van der Waals surface area contributed by atoms with E-state index in [0.29, 0.717) is 6.54 Å². The molecular formula is C21H27IN4O. The van der Waals surface area contributed by atoms with Crippen molar-refractivity contribution < 1.29 is 4.74 Å². The molecule has 0 saturated carbocycles. The number of nitrogens with zero attached hydrogens (tertiary/aromatic N) is 1. The summed E-state index contributed by atoms with van der Waals surface area (Å²) in [6, 6.07) is 16.5. The number of aryl methyl sites for hydroxylation is 1. The molecule has 3 rings (SSSR count). The summed E-state index contributed by atoms with van der Waals surface area (Å²) < 4.78 is 5.26. The highest BCUT2D eigenvalue weighted by Crippen LogP contribution is 2.21. The number of nitrogens with one attached hydrogen (secondary N) is 3. The number of fused-ring (bicyclic) bond motifs is 1. The van der Waals surface area contributed by atoms with Gasteiger partial charge in [0.05, 0.1) is 7.11 Å². The predicted molar refractivity (Wildman–Crippen MR) is 123 cm³/mol. The molecule has 0 aliphatic rings. The first-order valence-electron chi connectivity index (χ1n) is 8.85. The lowest BCUT2D eigenvalue weighted by atomic mass is 10.1. The van der Waals surface area contributed by atoms with Gasteiger partial charge in [0.1, 0.15) is 5.75 Å². The van der Waals surface area contributed by atoms with Crippen LogP contribution < -0.4 is 15.4 Å². The van der Waals surface area contributed by atoms with Crippen molar-refractivity contribution in [1.82, 2.24) is 15.6 Å². The molecule has 0 radical (unpaired) electrons. The second-order valence-electron chi connectivity index (χ2n) is 6.23. The molecule has 1 aromatic heterocycles. The minimum Gasteiger partial charge on any atom is -0.497 e. The summed E-state index contributed by atoms with van der Waals surface area (Å²) in [6.45, 7) is 3.65. The van der Waals surface area contributed by atoms with Crippen LogP contribution in [0.3, 0.4) is 0 Å². The smallest absolute Gasteiger partial charge is 0.191 e. The molecule has 0 aliphatic heterocycles. The van der Waals surface area contributed by atoms with Crippen LogP contribution in [-0.2, 0) is 13.0 Å². The van der Waals surface area contributed by atoms with Crippen LogP contribution in [0.15, 0.2) is 53.5 Å². The van der Waals surface area contributed by atoms with E-state index >= 15 is 0 Å². The van der Waals surface area contributed by atoms with Crippen molar-refractivity contribution in [2.75, 3.05) is 20.7 Å². The summed E-state index contributed by atoms with van der Waals surface area (Å²) in [5.41, 5.74) is 4.93. The number of benzene rings is 2. The summed E-state index contributed by atoms with van der Waals surface area (Å²) in [5, 5.41) is 8.03. The fraction of sp³-hybridized carbons (Fsp3) is 0.286. The molecule has 0 unspecified atom stereocenters. The Balaban J connectivity index is 0.00000261. The van der Waals surface area contributed by atoms with E-state index in [4.69, 9.17) is 4.74 Å². The van der Waals surface area contributed by atoms with E-state index in [1.165, 1.54) is 22.2 Å². The van der Waals surface area contributed by atoms with Gasteiger partial charge >= 0.3 is 0 Å². The van der Waals surface area contributed by atoms with Crippen molar-refractivity contribution in [2.45, 2.75) is 19.9 Å². The zero-order valence-electron chi connectivity index (χ0n) is 16.0. The fourth-order valence-corrected chi connectivity index (χ4v) is 3.15. The topological polar surface area (TPSA) is 61.4 Å². The van der Waals surface area contributed by atoms with Crippen LogP contribution >= 0.6 is 24.0 Å². The van der Waals surface area contributed by atoms with Gasteiger partial charge in [-0.1, -0.05) is 30.3 Å². The van der Waals surface area contributed by atoms with Gasteiger partial charge in [-0.25, -0.2) is 0 Å². The van der Waals surface area contributed by atoms with Crippen molar-refractivity contribution >= 4 is 40.8 Å². The van der Waals surface area contributed by atoms with Crippen LogP contribution in [0, 0.1) is 6.92 Å². The maximum absolute atomic E-state index is 5.26. The van der Waals surface area contributed by atoms with Crippen molar-refractivity contribution in [3.05, 3.63) is 65.4 Å². The summed E-state index contributed by atoms with van der Waals surface area (Å²) in [4.78, 5) is 7.76. The van der Waals surface area contributed by atoms with Gasteiger partial charge in [0, 0.05) is 36.7 Å². The minimum absolute atomic E-state index is 0. The molecule has 3 aromatic rings. The number of rotatable bonds is 6. The molecule has 5 nitrogen and oxygen atoms in total. The van der Waals surface area contributed by atoms with Crippen LogP contribution in [0.4, 0.5) is 0 Å². The Morgan fingerprint density at radius 2 is 1.93 bits per heavy atom. The van der Waals surface area contributed by atoms with E-state index in [2.05, 4.69) is 57.9 Å². The van der Waals surface area contributed by atoms with Gasteiger partial charge in [0.2, 0.25) is 0 Å². The maximum atomic E-state index is 5.26. The van der Waals surface area contributed by atoms with E-state index in [-0.39, 0.29) is 24.0 Å². The highest BCUT2D eigenvalue weighted by Gasteiger charge is 2.08. The lowest BCUT2D eigenvalue weighted by molar-refractivity contribution is 0.414. The molecule has 0 saturated heterocycles. The van der Waals surface area contributed by atoms with E-state index < -0.39 is 0 Å². The molecule has 1 heterocycles. The summed E-state index contributed by atoms with van der Waals surface area (Å²) in [5.74, 6) is 1.66. The first-order valence-corrected chi connectivity index (χ1v) is 8.85. The molecule has 0 bridgehead atoms. The monoisotopic (exact) mass is 478 g/mol. The Bertz CT molecular complexity index is 904. The number of ether oxygens (including phenoxy) is 1. The maximum Gasteiger partial charge on any atom is 0.191 e. The second-order valence-corrected chi connectivity index (χ2v) is 6.23. The zero-order valence-corrected chi connectivity index (χ0v) is 18.3. The number of aliphatic imine (C=N–C) groups is 1. The van der Waals surface area contributed by atoms with E-state index in [0.717, 1.165) is 30.2 Å². The van der Waals surface area contributed by atoms with Crippen molar-refractivity contribution in [1.29, 1.82) is 0 Å². The Morgan fingerprint density at radius 3 is 2.70 bits per heavy atom. The van der Waals surface area contributed by atoms with Crippen molar-refractivity contribution in [3.63, 3.8) is 0 Å². The van der Waals surface area contributed by atoms with Gasteiger partial charge in [0.25, 0.3) is 0 Å². The third-order valence-corrected chi connectivity index (χ3v) is 4.51. The van der Waals surface area contributed by atoms with Gasteiger partial charge in [-0.15, -0.1) is 24.0 Å². The number of aromatic amines is 1. The minimum atomic E-state index is 0. The molecule has 6 heteroatoms. The third-order valence-electron chi connectivity index (χ3n) is 4.51. The predicted octanol–water partition coefficient (Wildman–Crippen LogP) is 4.01. The van der Waals surface area contributed by atoms with Gasteiger partial charge in [-0.3, -0.25) is 4.99 Å². The average Bonchev–Trinajstić information content (AvgIpc) is 3.00. The Kier molecular flexibility index (Phi) is 7.97. The fourth-order valence-electron chi connectivity index (χ4n) is 3.15. The van der Waals surface area contributed by atoms with Crippen LogP contribution in [0.2, 0.25) is 0 Å². The van der Waals surface area contributed by atoms with E-state index in [9.17, 15) is 0 Å². The number of guanidine groups is 1. The highest BCUT2D eigenvalue weighted by atomic mass is 127. The van der Waals surface area contributed by atoms with E-state index in [1.54, 1.807) is 14.2 Å². The average molecular weight is 478 g/mol. The summed E-state index contributed by atoms with van der Waals surface area (Å²) >= 11 is 0. The molecule has 0 amide bonds.